The van der Waals surface area contributed by atoms with Crippen LogP contribution < -0.4 is 16.6 Å². The molecule has 0 radical (unpaired) electrons. The van der Waals surface area contributed by atoms with Gasteiger partial charge in [-0.15, -0.1) is 0 Å². The zero-order chi connectivity index (χ0) is 13.9. The fraction of sp³-hybridized carbons (Fsp3) is 0.692. The van der Waals surface area contributed by atoms with Gasteiger partial charge in [-0.25, -0.2) is 15.8 Å². The van der Waals surface area contributed by atoms with Crippen molar-refractivity contribution in [3.63, 3.8) is 0 Å². The van der Waals surface area contributed by atoms with Crippen molar-refractivity contribution >= 4 is 23.4 Å². The average molecular weight is 281 g/mol. The van der Waals surface area contributed by atoms with Gasteiger partial charge in [-0.2, -0.15) is 11.8 Å². The predicted octanol–water partition coefficient (Wildman–Crippen LogP) is 2.37. The van der Waals surface area contributed by atoms with E-state index >= 15 is 0 Å². The Morgan fingerprint density at radius 2 is 2.11 bits per heavy atom. The maximum Gasteiger partial charge on any atom is 0.145 e. The summed E-state index contributed by atoms with van der Waals surface area (Å²) in [5, 5.41) is 4.10. The van der Waals surface area contributed by atoms with Crippen LogP contribution in [-0.4, -0.2) is 27.5 Å². The second-order valence-electron chi connectivity index (χ2n) is 5.87. The van der Waals surface area contributed by atoms with Crippen LogP contribution in [0.5, 0.6) is 0 Å². The highest BCUT2D eigenvalue weighted by molar-refractivity contribution is 8.00. The van der Waals surface area contributed by atoms with Gasteiger partial charge >= 0.3 is 0 Å². The standard InChI is InChI=1S/C13H23N5S/c1-13(2,3)12-16-10(7-11(17-12)18-14)15-8-9-5-4-6-19-9/h7,9H,4-6,8,14H2,1-3H3,(H2,15,16,17,18). The van der Waals surface area contributed by atoms with Gasteiger partial charge in [-0.05, 0) is 18.6 Å². The lowest BCUT2D eigenvalue weighted by molar-refractivity contribution is 0.546. The second kappa shape index (κ2) is 5.96. The summed E-state index contributed by atoms with van der Waals surface area (Å²) in [5.41, 5.74) is 2.52. The Kier molecular flexibility index (Phi) is 4.52. The molecule has 1 atom stereocenters. The molecule has 1 aromatic heterocycles. The normalized spacial score (nSPS) is 19.5. The summed E-state index contributed by atoms with van der Waals surface area (Å²) in [6.45, 7) is 7.24. The van der Waals surface area contributed by atoms with E-state index in [-0.39, 0.29) is 5.41 Å². The molecule has 0 spiro atoms. The number of nitrogen functional groups attached to an aromatic ring is 1. The van der Waals surface area contributed by atoms with E-state index in [9.17, 15) is 0 Å². The number of nitrogens with zero attached hydrogens (tertiary/aromatic N) is 2. The number of hydrogen-bond acceptors (Lipinski definition) is 6. The molecule has 2 heterocycles. The molecule has 1 saturated heterocycles. The fourth-order valence-corrected chi connectivity index (χ4v) is 3.17. The first kappa shape index (κ1) is 14.4. The molecule has 2 rings (SSSR count). The minimum atomic E-state index is -0.0919. The number of nitrogens with two attached hydrogens (primary N) is 1. The smallest absolute Gasteiger partial charge is 0.145 e. The first-order chi connectivity index (χ1) is 8.99. The highest BCUT2D eigenvalue weighted by Crippen LogP contribution is 2.27. The summed E-state index contributed by atoms with van der Waals surface area (Å²) in [6, 6.07) is 1.86. The van der Waals surface area contributed by atoms with E-state index in [4.69, 9.17) is 5.84 Å². The monoisotopic (exact) mass is 281 g/mol. The molecule has 1 aliphatic rings. The van der Waals surface area contributed by atoms with Gasteiger partial charge < -0.3 is 10.7 Å². The Hall–Kier alpha value is -1.01. The van der Waals surface area contributed by atoms with E-state index in [1.54, 1.807) is 0 Å². The molecule has 0 amide bonds. The number of aromatic nitrogens is 2. The largest absolute Gasteiger partial charge is 0.369 e. The van der Waals surface area contributed by atoms with Crippen LogP contribution in [-0.2, 0) is 5.41 Å². The third kappa shape index (κ3) is 3.98. The van der Waals surface area contributed by atoms with Gasteiger partial charge in [0.05, 0.1) is 0 Å². The minimum absolute atomic E-state index is 0.0919. The molecular weight excluding hydrogens is 258 g/mol. The van der Waals surface area contributed by atoms with E-state index in [1.807, 2.05) is 17.8 Å². The van der Waals surface area contributed by atoms with Gasteiger partial charge in [0.2, 0.25) is 0 Å². The van der Waals surface area contributed by atoms with E-state index in [0.717, 1.165) is 18.2 Å². The zero-order valence-corrected chi connectivity index (χ0v) is 12.7. The lowest BCUT2D eigenvalue weighted by Gasteiger charge is -2.19. The Bertz CT molecular complexity index is 424. The van der Waals surface area contributed by atoms with Crippen LogP contribution >= 0.6 is 11.8 Å². The van der Waals surface area contributed by atoms with Gasteiger partial charge in [0.25, 0.3) is 0 Å². The van der Waals surface area contributed by atoms with Crippen molar-refractivity contribution in [1.82, 2.24) is 9.97 Å². The van der Waals surface area contributed by atoms with E-state index in [0.29, 0.717) is 11.1 Å². The fourth-order valence-electron chi connectivity index (χ4n) is 1.97. The van der Waals surface area contributed by atoms with Crippen molar-refractivity contribution in [1.29, 1.82) is 0 Å². The van der Waals surface area contributed by atoms with Crippen molar-refractivity contribution < 1.29 is 0 Å². The summed E-state index contributed by atoms with van der Waals surface area (Å²) in [7, 11) is 0. The summed E-state index contributed by atoms with van der Waals surface area (Å²) >= 11 is 2.04. The number of hydrogen-bond donors (Lipinski definition) is 3. The van der Waals surface area contributed by atoms with Crippen LogP contribution in [0.4, 0.5) is 11.6 Å². The highest BCUT2D eigenvalue weighted by Gasteiger charge is 2.20. The third-order valence-corrected chi connectivity index (χ3v) is 4.48. The van der Waals surface area contributed by atoms with Gasteiger partial charge in [0.15, 0.2) is 0 Å². The number of rotatable bonds is 4. The Labute approximate surface area is 119 Å². The van der Waals surface area contributed by atoms with Crippen molar-refractivity contribution in [2.75, 3.05) is 23.0 Å². The molecule has 0 aliphatic carbocycles. The van der Waals surface area contributed by atoms with Crippen LogP contribution in [0.2, 0.25) is 0 Å². The Balaban J connectivity index is 2.10. The maximum absolute atomic E-state index is 5.48. The molecule has 1 aromatic rings. The SMILES string of the molecule is CC(C)(C)c1nc(NN)cc(NCC2CCCS2)n1. The van der Waals surface area contributed by atoms with Gasteiger partial charge in [-0.1, -0.05) is 20.8 Å². The molecule has 0 aromatic carbocycles. The third-order valence-electron chi connectivity index (χ3n) is 3.08. The second-order valence-corrected chi connectivity index (χ2v) is 7.28. The van der Waals surface area contributed by atoms with E-state index in [2.05, 4.69) is 41.5 Å². The summed E-state index contributed by atoms with van der Waals surface area (Å²) in [5.74, 6) is 9.05. The highest BCUT2D eigenvalue weighted by atomic mass is 32.2. The zero-order valence-electron chi connectivity index (χ0n) is 11.9. The quantitative estimate of drug-likeness (QED) is 0.581. The average Bonchev–Trinajstić information content (AvgIpc) is 2.88. The van der Waals surface area contributed by atoms with Gasteiger partial charge in [-0.3, -0.25) is 0 Å². The van der Waals surface area contributed by atoms with Crippen LogP contribution in [0.25, 0.3) is 0 Å². The topological polar surface area (TPSA) is 75.9 Å². The van der Waals surface area contributed by atoms with Crippen LogP contribution in [0, 0.1) is 0 Å². The number of nitrogens with one attached hydrogen (secondary N) is 2. The molecule has 0 saturated carbocycles. The van der Waals surface area contributed by atoms with Crippen molar-refractivity contribution in [2.45, 2.75) is 44.3 Å². The molecule has 1 fully saturated rings. The van der Waals surface area contributed by atoms with Crippen LogP contribution in [0.3, 0.4) is 0 Å². The van der Waals surface area contributed by atoms with E-state index < -0.39 is 0 Å². The van der Waals surface area contributed by atoms with Crippen molar-refractivity contribution in [3.05, 3.63) is 11.9 Å². The van der Waals surface area contributed by atoms with Gasteiger partial charge in [0, 0.05) is 23.3 Å². The summed E-state index contributed by atoms with van der Waals surface area (Å²) < 4.78 is 0. The Morgan fingerprint density at radius 3 is 2.68 bits per heavy atom. The molecule has 5 nitrogen and oxygen atoms in total. The number of hydrazine groups is 1. The first-order valence-corrected chi connectivity index (χ1v) is 7.75. The van der Waals surface area contributed by atoms with Crippen LogP contribution in [0.15, 0.2) is 6.07 Å². The lowest BCUT2D eigenvalue weighted by Crippen LogP contribution is -2.21. The Morgan fingerprint density at radius 1 is 1.37 bits per heavy atom. The van der Waals surface area contributed by atoms with Crippen molar-refractivity contribution in [3.8, 4) is 0 Å². The summed E-state index contributed by atoms with van der Waals surface area (Å²) in [4.78, 5) is 9.00. The predicted molar refractivity (Wildman–Crippen MR) is 82.5 cm³/mol. The molecular formula is C13H23N5S. The number of thioether (sulfide) groups is 1. The molecule has 19 heavy (non-hydrogen) atoms. The molecule has 106 valence electrons. The lowest BCUT2D eigenvalue weighted by atomic mass is 9.96. The summed E-state index contributed by atoms with van der Waals surface area (Å²) in [6.07, 6.45) is 2.61. The molecule has 1 aliphatic heterocycles. The molecule has 6 heteroatoms. The van der Waals surface area contributed by atoms with Crippen molar-refractivity contribution in [2.24, 2.45) is 5.84 Å². The van der Waals surface area contributed by atoms with Gasteiger partial charge in [0.1, 0.15) is 17.5 Å². The molecule has 4 N–H and O–H groups in total. The molecule has 0 bridgehead atoms. The minimum Gasteiger partial charge on any atom is -0.369 e. The van der Waals surface area contributed by atoms with Crippen LogP contribution in [0.1, 0.15) is 39.4 Å². The van der Waals surface area contributed by atoms with E-state index in [1.165, 1.54) is 18.6 Å². The number of anilines is 2. The maximum atomic E-state index is 5.48. The molecule has 1 unspecified atom stereocenters. The first-order valence-electron chi connectivity index (χ1n) is 6.70.